The van der Waals surface area contributed by atoms with E-state index in [9.17, 15) is 4.79 Å². The van der Waals surface area contributed by atoms with Crippen LogP contribution in [-0.4, -0.2) is 42.5 Å². The number of hydrogen-bond acceptors (Lipinski definition) is 5. The number of para-hydroxylation sites is 2. The highest BCUT2D eigenvalue weighted by Crippen LogP contribution is 2.30. The molecule has 0 aliphatic carbocycles. The second-order valence-corrected chi connectivity index (χ2v) is 7.42. The number of rotatable bonds is 5. The highest BCUT2D eigenvalue weighted by molar-refractivity contribution is 6.31. The molecule has 2 heterocycles. The molecule has 146 valence electrons. The Hall–Kier alpha value is -2.57. The maximum absolute atomic E-state index is 12.6. The van der Waals surface area contributed by atoms with Gasteiger partial charge >= 0.3 is 0 Å². The molecule has 4 rings (SSSR count). The number of fused-ring (bicyclic) bond motifs is 1. The second-order valence-electron chi connectivity index (χ2n) is 6.99. The summed E-state index contributed by atoms with van der Waals surface area (Å²) in [7, 11) is 1.56. The van der Waals surface area contributed by atoms with Crippen molar-refractivity contribution in [3.63, 3.8) is 0 Å². The third-order valence-electron chi connectivity index (χ3n) is 4.97. The van der Waals surface area contributed by atoms with Crippen LogP contribution in [0.4, 0.5) is 5.69 Å². The number of likely N-dealkylation sites (tertiary alicyclic amines) is 1. The van der Waals surface area contributed by atoms with Crippen molar-refractivity contribution in [2.45, 2.75) is 18.8 Å². The third kappa shape index (κ3) is 4.13. The summed E-state index contributed by atoms with van der Waals surface area (Å²) in [5, 5.41) is 3.44. The molecular formula is C21H22ClN3O3. The minimum Gasteiger partial charge on any atom is -0.495 e. The number of aromatic nitrogens is 1. The van der Waals surface area contributed by atoms with Crippen LogP contribution >= 0.6 is 11.6 Å². The smallest absolute Gasteiger partial charge is 0.238 e. The Morgan fingerprint density at radius 2 is 2.21 bits per heavy atom. The summed E-state index contributed by atoms with van der Waals surface area (Å²) < 4.78 is 11.2. The van der Waals surface area contributed by atoms with Gasteiger partial charge in [-0.15, -0.1) is 0 Å². The van der Waals surface area contributed by atoms with Gasteiger partial charge in [-0.05, 0) is 49.7 Å². The number of piperidine rings is 1. The van der Waals surface area contributed by atoms with Crippen LogP contribution in [0.1, 0.15) is 24.7 Å². The molecule has 6 nitrogen and oxygen atoms in total. The Bertz CT molecular complexity index is 955. The number of oxazole rings is 1. The van der Waals surface area contributed by atoms with E-state index in [4.69, 9.17) is 20.8 Å². The van der Waals surface area contributed by atoms with Crippen molar-refractivity contribution in [3.8, 4) is 5.75 Å². The molecule has 0 bridgehead atoms. The first-order valence-corrected chi connectivity index (χ1v) is 9.71. The largest absolute Gasteiger partial charge is 0.495 e. The van der Waals surface area contributed by atoms with Crippen molar-refractivity contribution < 1.29 is 13.9 Å². The zero-order chi connectivity index (χ0) is 19.5. The molecule has 0 radical (unpaired) electrons. The van der Waals surface area contributed by atoms with Gasteiger partial charge < -0.3 is 14.5 Å². The first-order chi connectivity index (χ1) is 13.6. The van der Waals surface area contributed by atoms with Crippen LogP contribution < -0.4 is 10.1 Å². The molecule has 7 heteroatoms. The lowest BCUT2D eigenvalue weighted by Gasteiger charge is -2.30. The van der Waals surface area contributed by atoms with Crippen LogP contribution in [0.3, 0.4) is 0 Å². The topological polar surface area (TPSA) is 67.6 Å². The van der Waals surface area contributed by atoms with Gasteiger partial charge in [0.25, 0.3) is 0 Å². The van der Waals surface area contributed by atoms with Gasteiger partial charge in [-0.3, -0.25) is 9.69 Å². The summed E-state index contributed by atoms with van der Waals surface area (Å²) in [6.07, 6.45) is 2.00. The van der Waals surface area contributed by atoms with E-state index in [-0.39, 0.29) is 11.8 Å². The SMILES string of the molecule is COc1ccc(Cl)cc1NC(=O)CN1CCCC(c2nc3ccccc3o2)C1. The van der Waals surface area contributed by atoms with Gasteiger partial charge in [-0.1, -0.05) is 23.7 Å². The van der Waals surface area contributed by atoms with Crippen LogP contribution in [0, 0.1) is 0 Å². The summed E-state index contributed by atoms with van der Waals surface area (Å²) in [5.74, 6) is 1.43. The number of methoxy groups -OCH3 is 1. The van der Waals surface area contributed by atoms with Gasteiger partial charge in [0, 0.05) is 17.5 Å². The molecule has 1 aromatic heterocycles. The Morgan fingerprint density at radius 1 is 1.36 bits per heavy atom. The van der Waals surface area contributed by atoms with Crippen LogP contribution in [0.15, 0.2) is 46.9 Å². The van der Waals surface area contributed by atoms with Crippen molar-refractivity contribution >= 4 is 34.3 Å². The minimum absolute atomic E-state index is 0.0984. The van der Waals surface area contributed by atoms with Crippen molar-refractivity contribution in [1.29, 1.82) is 0 Å². The summed E-state index contributed by atoms with van der Waals surface area (Å²) in [5.41, 5.74) is 2.26. The van der Waals surface area contributed by atoms with E-state index in [2.05, 4.69) is 15.2 Å². The fourth-order valence-corrected chi connectivity index (χ4v) is 3.81. The zero-order valence-corrected chi connectivity index (χ0v) is 16.4. The zero-order valence-electron chi connectivity index (χ0n) is 15.7. The molecule has 0 spiro atoms. The first-order valence-electron chi connectivity index (χ1n) is 9.33. The lowest BCUT2D eigenvalue weighted by molar-refractivity contribution is -0.117. The Balaban J connectivity index is 1.41. The molecule has 1 aliphatic rings. The molecule has 1 amide bonds. The maximum Gasteiger partial charge on any atom is 0.238 e. The predicted octanol–water partition coefficient (Wildman–Crippen LogP) is 4.31. The van der Waals surface area contributed by atoms with Crippen molar-refractivity contribution in [2.75, 3.05) is 32.1 Å². The molecule has 1 fully saturated rings. The van der Waals surface area contributed by atoms with Crippen molar-refractivity contribution in [2.24, 2.45) is 0 Å². The summed E-state index contributed by atoms with van der Waals surface area (Å²) >= 11 is 6.03. The number of amides is 1. The number of anilines is 1. The minimum atomic E-state index is -0.0984. The Morgan fingerprint density at radius 3 is 3.04 bits per heavy atom. The Labute approximate surface area is 168 Å². The number of carbonyl (C=O) groups is 1. The number of ether oxygens (including phenoxy) is 1. The van der Waals surface area contributed by atoms with Gasteiger partial charge in [-0.25, -0.2) is 4.98 Å². The lowest BCUT2D eigenvalue weighted by Crippen LogP contribution is -2.39. The molecule has 1 saturated heterocycles. The Kier molecular flexibility index (Phi) is 5.50. The van der Waals surface area contributed by atoms with Crippen LogP contribution in [0.2, 0.25) is 5.02 Å². The van der Waals surface area contributed by atoms with E-state index in [0.717, 1.165) is 42.9 Å². The number of nitrogens with zero attached hydrogens (tertiary/aromatic N) is 2. The third-order valence-corrected chi connectivity index (χ3v) is 5.20. The van der Waals surface area contributed by atoms with Crippen LogP contribution in [0.25, 0.3) is 11.1 Å². The number of nitrogens with one attached hydrogen (secondary N) is 1. The van der Waals surface area contributed by atoms with Gasteiger partial charge in [0.1, 0.15) is 11.3 Å². The van der Waals surface area contributed by atoms with Crippen molar-refractivity contribution in [3.05, 3.63) is 53.4 Å². The summed E-state index contributed by atoms with van der Waals surface area (Å²) in [4.78, 5) is 19.3. The number of benzene rings is 2. The van der Waals surface area contributed by atoms with E-state index in [1.807, 2.05) is 24.3 Å². The molecule has 2 aromatic carbocycles. The fraction of sp³-hybridized carbons (Fsp3) is 0.333. The summed E-state index contributed by atoms with van der Waals surface area (Å²) in [6.45, 7) is 1.91. The van der Waals surface area contributed by atoms with Gasteiger partial charge in [0.05, 0.1) is 19.3 Å². The first kappa shape index (κ1) is 18.8. The standard InChI is InChI=1S/C21H22ClN3O3/c1-27-18-9-8-15(22)11-17(18)23-20(26)13-25-10-4-5-14(12-25)21-24-16-6-2-3-7-19(16)28-21/h2-3,6-9,11,14H,4-5,10,12-13H2,1H3,(H,23,26). The number of hydrogen-bond donors (Lipinski definition) is 1. The van der Waals surface area contributed by atoms with Crippen LogP contribution in [-0.2, 0) is 4.79 Å². The van der Waals surface area contributed by atoms with Gasteiger partial charge in [-0.2, -0.15) is 0 Å². The predicted molar refractivity (Wildman–Crippen MR) is 109 cm³/mol. The second kappa shape index (κ2) is 8.20. The average Bonchev–Trinajstić information content (AvgIpc) is 3.13. The molecule has 3 aromatic rings. The molecule has 1 atom stereocenters. The van der Waals surface area contributed by atoms with Gasteiger partial charge in [0.2, 0.25) is 5.91 Å². The molecule has 1 aliphatic heterocycles. The molecule has 1 unspecified atom stereocenters. The quantitative estimate of drug-likeness (QED) is 0.692. The fourth-order valence-electron chi connectivity index (χ4n) is 3.64. The van der Waals surface area contributed by atoms with Crippen LogP contribution in [0.5, 0.6) is 5.75 Å². The highest BCUT2D eigenvalue weighted by atomic mass is 35.5. The summed E-state index contributed by atoms with van der Waals surface area (Å²) in [6, 6.07) is 12.9. The molecule has 28 heavy (non-hydrogen) atoms. The maximum atomic E-state index is 12.6. The number of halogens is 1. The van der Waals surface area contributed by atoms with E-state index in [0.29, 0.717) is 23.0 Å². The van der Waals surface area contributed by atoms with E-state index >= 15 is 0 Å². The highest BCUT2D eigenvalue weighted by Gasteiger charge is 2.26. The van der Waals surface area contributed by atoms with E-state index in [1.165, 1.54) is 0 Å². The van der Waals surface area contributed by atoms with E-state index < -0.39 is 0 Å². The van der Waals surface area contributed by atoms with E-state index in [1.54, 1.807) is 25.3 Å². The lowest BCUT2D eigenvalue weighted by atomic mass is 9.98. The monoisotopic (exact) mass is 399 g/mol. The molecule has 1 N–H and O–H groups in total. The normalized spacial score (nSPS) is 17.6. The van der Waals surface area contributed by atoms with Gasteiger partial charge in [0.15, 0.2) is 11.5 Å². The van der Waals surface area contributed by atoms with Crippen molar-refractivity contribution in [1.82, 2.24) is 9.88 Å². The average molecular weight is 400 g/mol. The molecule has 0 saturated carbocycles. The number of carbonyl (C=O) groups excluding carboxylic acids is 1. The molecular weight excluding hydrogens is 378 g/mol.